The van der Waals surface area contributed by atoms with E-state index < -0.39 is 0 Å². The van der Waals surface area contributed by atoms with Crippen LogP contribution in [0.5, 0.6) is 5.75 Å². The number of thiophene rings is 1. The number of aromatic nitrogens is 3. The Bertz CT molecular complexity index is 1460. The summed E-state index contributed by atoms with van der Waals surface area (Å²) in [6, 6.07) is 5.77. The van der Waals surface area contributed by atoms with Gasteiger partial charge in [0.25, 0.3) is 5.91 Å². The number of nitrogens with one attached hydrogen (secondary N) is 2. The number of carbonyl (C=O) groups excluding carboxylic acids is 1. The van der Waals surface area contributed by atoms with Gasteiger partial charge in [0, 0.05) is 11.6 Å². The van der Waals surface area contributed by atoms with Crippen molar-refractivity contribution >= 4 is 68.0 Å². The number of pyridine rings is 1. The zero-order valence-electron chi connectivity index (χ0n) is 23.2. The van der Waals surface area contributed by atoms with Gasteiger partial charge < -0.3 is 20.3 Å². The van der Waals surface area contributed by atoms with Crippen LogP contribution in [0.2, 0.25) is 10.0 Å². The van der Waals surface area contributed by atoms with E-state index in [0.717, 1.165) is 42.7 Å². The van der Waals surface area contributed by atoms with E-state index in [9.17, 15) is 4.79 Å². The number of rotatable bonds is 13. The van der Waals surface area contributed by atoms with Crippen molar-refractivity contribution in [1.82, 2.24) is 19.9 Å². The number of halogens is 2. The van der Waals surface area contributed by atoms with Gasteiger partial charge in [0.1, 0.15) is 22.9 Å². The van der Waals surface area contributed by atoms with Crippen LogP contribution in [0.3, 0.4) is 0 Å². The molecule has 4 aromatic rings. The molecule has 8 nitrogen and oxygen atoms in total. The molecule has 0 bridgehead atoms. The first kappa shape index (κ1) is 30.0. The third kappa shape index (κ3) is 7.01. The molecular formula is C29H34Cl2N6O2S. The molecule has 3 heterocycles. The number of anilines is 3. The number of benzene rings is 1. The van der Waals surface area contributed by atoms with Crippen LogP contribution < -0.4 is 15.4 Å². The third-order valence-electron chi connectivity index (χ3n) is 6.81. The third-order valence-corrected chi connectivity index (χ3v) is 8.65. The van der Waals surface area contributed by atoms with Crippen molar-refractivity contribution in [3.05, 3.63) is 62.8 Å². The van der Waals surface area contributed by atoms with E-state index in [1.54, 1.807) is 11.4 Å². The lowest BCUT2D eigenvalue weighted by atomic mass is 10.1. The minimum absolute atomic E-state index is 0.233. The number of hydrogen-bond acceptors (Lipinski definition) is 8. The van der Waals surface area contributed by atoms with Crippen LogP contribution in [0.25, 0.3) is 10.2 Å². The molecule has 1 amide bonds. The number of methoxy groups -OCH3 is 1. The number of nitrogens with zero attached hydrogens (tertiary/aromatic N) is 4. The molecule has 3 aromatic heterocycles. The van der Waals surface area contributed by atoms with Gasteiger partial charge in [-0.2, -0.15) is 0 Å². The van der Waals surface area contributed by atoms with Crippen LogP contribution in [-0.4, -0.2) is 52.5 Å². The van der Waals surface area contributed by atoms with E-state index in [2.05, 4.69) is 50.4 Å². The number of fused-ring (bicyclic) bond motifs is 1. The number of unbranched alkanes of at least 4 members (excludes halogenated alkanes) is 2. The molecule has 212 valence electrons. The van der Waals surface area contributed by atoms with E-state index in [4.69, 9.17) is 27.9 Å². The quantitative estimate of drug-likeness (QED) is 0.151. The van der Waals surface area contributed by atoms with Crippen LogP contribution >= 0.6 is 34.5 Å². The molecule has 2 N–H and O–H groups in total. The summed E-state index contributed by atoms with van der Waals surface area (Å²) in [5, 5.41) is 8.43. The number of amides is 1. The highest BCUT2D eigenvalue weighted by Crippen LogP contribution is 2.41. The summed E-state index contributed by atoms with van der Waals surface area (Å²) < 4.78 is 6.05. The predicted molar refractivity (Wildman–Crippen MR) is 166 cm³/mol. The van der Waals surface area contributed by atoms with Gasteiger partial charge in [-0.05, 0) is 69.1 Å². The van der Waals surface area contributed by atoms with Gasteiger partial charge in [0.2, 0.25) is 0 Å². The van der Waals surface area contributed by atoms with Crippen molar-refractivity contribution in [2.75, 3.05) is 37.4 Å². The standard InChI is InChI=1S/C29H34Cl2N6O2S/c1-5-37(6-2)13-9-7-8-10-19-11-12-22(32-15-19)35-28-27-25(33-17-34-28)20(16-40-27)29(38)36-26-23(30)18(3)14-21(39-4)24(26)31/h11-12,14-17H,5-10,13H2,1-4H3,(H,36,38)(H,32,33,34,35). The molecule has 0 saturated heterocycles. The number of hydrogen-bond donors (Lipinski definition) is 2. The first-order valence-electron chi connectivity index (χ1n) is 13.4. The SMILES string of the molecule is CCN(CC)CCCCCc1ccc(Nc2ncnc3c(C(=O)Nc4c(Cl)c(C)cc(OC)c4Cl)csc23)nc1. The fourth-order valence-corrected chi connectivity index (χ4v) is 5.89. The Kier molecular flexibility index (Phi) is 10.6. The van der Waals surface area contributed by atoms with Gasteiger partial charge in [-0.3, -0.25) is 4.79 Å². The van der Waals surface area contributed by atoms with Crippen molar-refractivity contribution in [2.45, 2.75) is 46.5 Å². The maximum Gasteiger partial charge on any atom is 0.258 e. The minimum Gasteiger partial charge on any atom is -0.495 e. The van der Waals surface area contributed by atoms with E-state index in [-0.39, 0.29) is 10.9 Å². The molecular weight excluding hydrogens is 567 g/mol. The van der Waals surface area contributed by atoms with Crippen molar-refractivity contribution < 1.29 is 9.53 Å². The zero-order chi connectivity index (χ0) is 28.6. The number of aryl methyl sites for hydroxylation is 2. The summed E-state index contributed by atoms with van der Waals surface area (Å²) in [6.07, 6.45) is 7.91. The van der Waals surface area contributed by atoms with Gasteiger partial charge in [0.15, 0.2) is 5.82 Å². The molecule has 0 radical (unpaired) electrons. The van der Waals surface area contributed by atoms with Crippen LogP contribution in [0.15, 0.2) is 36.1 Å². The maximum atomic E-state index is 13.2. The Labute approximate surface area is 249 Å². The molecule has 1 aromatic carbocycles. The van der Waals surface area contributed by atoms with Crippen molar-refractivity contribution in [3.8, 4) is 5.75 Å². The van der Waals surface area contributed by atoms with Gasteiger partial charge in [0.05, 0.1) is 33.6 Å². The second kappa shape index (κ2) is 14.1. The Morgan fingerprint density at radius 1 is 1.07 bits per heavy atom. The summed E-state index contributed by atoms with van der Waals surface area (Å²) in [6.45, 7) is 9.62. The smallest absolute Gasteiger partial charge is 0.258 e. The summed E-state index contributed by atoms with van der Waals surface area (Å²) in [5.41, 5.74) is 3.15. The maximum absolute atomic E-state index is 13.2. The highest BCUT2D eigenvalue weighted by atomic mass is 35.5. The molecule has 4 rings (SSSR count). The van der Waals surface area contributed by atoms with Crippen LogP contribution in [0.4, 0.5) is 17.3 Å². The van der Waals surface area contributed by atoms with Crippen molar-refractivity contribution in [1.29, 1.82) is 0 Å². The van der Waals surface area contributed by atoms with Crippen LogP contribution in [0.1, 0.15) is 54.6 Å². The Balaban J connectivity index is 1.42. The Morgan fingerprint density at radius 2 is 1.88 bits per heavy atom. The second-order valence-electron chi connectivity index (χ2n) is 9.42. The Hall–Kier alpha value is -2.98. The first-order valence-corrected chi connectivity index (χ1v) is 15.0. The second-order valence-corrected chi connectivity index (χ2v) is 11.1. The number of ether oxygens (including phenoxy) is 1. The fourth-order valence-electron chi connectivity index (χ4n) is 4.43. The molecule has 11 heteroatoms. The lowest BCUT2D eigenvalue weighted by Gasteiger charge is -2.17. The van der Waals surface area contributed by atoms with Gasteiger partial charge in [-0.1, -0.05) is 49.5 Å². The van der Waals surface area contributed by atoms with E-state index >= 15 is 0 Å². The molecule has 0 fully saturated rings. The normalized spacial score (nSPS) is 11.3. The summed E-state index contributed by atoms with van der Waals surface area (Å²) in [4.78, 5) is 29.1. The summed E-state index contributed by atoms with van der Waals surface area (Å²) >= 11 is 14.3. The molecule has 40 heavy (non-hydrogen) atoms. The monoisotopic (exact) mass is 600 g/mol. The van der Waals surface area contributed by atoms with E-state index in [1.807, 2.05) is 19.2 Å². The summed E-state index contributed by atoms with van der Waals surface area (Å²) in [5.74, 6) is 1.30. The fraction of sp³-hybridized carbons (Fsp3) is 0.379. The molecule has 0 aliphatic carbocycles. The zero-order valence-corrected chi connectivity index (χ0v) is 25.5. The van der Waals surface area contributed by atoms with Gasteiger partial charge >= 0.3 is 0 Å². The molecule has 0 aliphatic heterocycles. The lowest BCUT2D eigenvalue weighted by molar-refractivity contribution is 0.102. The average Bonchev–Trinajstić information content (AvgIpc) is 3.41. The van der Waals surface area contributed by atoms with E-state index in [0.29, 0.717) is 39.2 Å². The molecule has 0 atom stereocenters. The predicted octanol–water partition coefficient (Wildman–Crippen LogP) is 7.76. The average molecular weight is 602 g/mol. The highest BCUT2D eigenvalue weighted by molar-refractivity contribution is 7.18. The van der Waals surface area contributed by atoms with Gasteiger partial charge in [-0.15, -0.1) is 11.3 Å². The van der Waals surface area contributed by atoms with Crippen molar-refractivity contribution in [2.24, 2.45) is 0 Å². The molecule has 0 unspecified atom stereocenters. The van der Waals surface area contributed by atoms with E-state index in [1.165, 1.54) is 43.2 Å². The van der Waals surface area contributed by atoms with Gasteiger partial charge in [-0.25, -0.2) is 15.0 Å². The molecule has 0 aliphatic rings. The van der Waals surface area contributed by atoms with Crippen molar-refractivity contribution in [3.63, 3.8) is 0 Å². The highest BCUT2D eigenvalue weighted by Gasteiger charge is 2.21. The molecule has 0 spiro atoms. The first-order chi connectivity index (χ1) is 19.4. The van der Waals surface area contributed by atoms with Crippen LogP contribution in [0, 0.1) is 6.92 Å². The number of carbonyl (C=O) groups is 1. The largest absolute Gasteiger partial charge is 0.495 e. The summed E-state index contributed by atoms with van der Waals surface area (Å²) in [7, 11) is 1.51. The van der Waals surface area contributed by atoms with Crippen LogP contribution in [-0.2, 0) is 6.42 Å². The topological polar surface area (TPSA) is 92.3 Å². The lowest BCUT2D eigenvalue weighted by Crippen LogP contribution is -2.23. The Morgan fingerprint density at radius 3 is 2.58 bits per heavy atom. The minimum atomic E-state index is -0.382. The molecule has 0 saturated carbocycles.